The molecule has 0 unspecified atom stereocenters. The number of hydrogen-bond donors (Lipinski definition) is 1. The number of nitrogens with one attached hydrogen (secondary N) is 1. The number of nitrogens with zero attached hydrogens (tertiary/aromatic N) is 2. The van der Waals surface area contributed by atoms with Crippen LogP contribution in [0.4, 0.5) is 0 Å². The molecule has 1 aliphatic heterocycles. The Morgan fingerprint density at radius 2 is 2.58 bits per heavy atom. The molecule has 0 radical (unpaired) electrons. The fraction of sp³-hybridized carbons (Fsp3) is 0.500. The SMILES string of the molecule is C(=C1CCCNC1)c1cnsn1. The molecule has 1 N–H and O–H groups in total. The van der Waals surface area contributed by atoms with Crippen molar-refractivity contribution in [1.82, 2.24) is 14.1 Å². The molecule has 1 aromatic rings. The van der Waals surface area contributed by atoms with Crippen LogP contribution >= 0.6 is 11.7 Å². The summed E-state index contributed by atoms with van der Waals surface area (Å²) in [5, 5.41) is 3.33. The summed E-state index contributed by atoms with van der Waals surface area (Å²) in [5.41, 5.74) is 2.44. The highest BCUT2D eigenvalue weighted by Crippen LogP contribution is 2.12. The Labute approximate surface area is 75.8 Å². The predicted molar refractivity (Wildman–Crippen MR) is 50.0 cm³/mol. The van der Waals surface area contributed by atoms with E-state index >= 15 is 0 Å². The maximum atomic E-state index is 4.14. The van der Waals surface area contributed by atoms with E-state index in [1.807, 2.05) is 6.20 Å². The lowest BCUT2D eigenvalue weighted by Crippen LogP contribution is -2.23. The lowest BCUT2D eigenvalue weighted by Gasteiger charge is -2.14. The Balaban J connectivity index is 2.07. The predicted octanol–water partition coefficient (Wildman–Crippen LogP) is 1.30. The molecular weight excluding hydrogens is 170 g/mol. The van der Waals surface area contributed by atoms with Gasteiger partial charge in [0.25, 0.3) is 0 Å². The third-order valence-electron chi connectivity index (χ3n) is 1.93. The highest BCUT2D eigenvalue weighted by Gasteiger charge is 2.04. The zero-order valence-corrected chi connectivity index (χ0v) is 7.60. The molecule has 4 heteroatoms. The van der Waals surface area contributed by atoms with Gasteiger partial charge in [0.15, 0.2) is 0 Å². The van der Waals surface area contributed by atoms with Crippen LogP contribution in [-0.2, 0) is 0 Å². The van der Waals surface area contributed by atoms with Crippen LogP contribution in [0.5, 0.6) is 0 Å². The first-order chi connectivity index (χ1) is 5.95. The molecule has 0 aliphatic carbocycles. The third kappa shape index (κ3) is 1.89. The van der Waals surface area contributed by atoms with E-state index in [0.29, 0.717) is 0 Å². The normalized spacial score (nSPS) is 21.5. The molecule has 12 heavy (non-hydrogen) atoms. The van der Waals surface area contributed by atoms with Crippen molar-refractivity contribution in [2.45, 2.75) is 12.8 Å². The van der Waals surface area contributed by atoms with E-state index in [9.17, 15) is 0 Å². The van der Waals surface area contributed by atoms with Crippen molar-refractivity contribution in [3.05, 3.63) is 17.5 Å². The van der Waals surface area contributed by atoms with Crippen molar-refractivity contribution in [1.29, 1.82) is 0 Å². The van der Waals surface area contributed by atoms with E-state index in [1.165, 1.54) is 30.1 Å². The van der Waals surface area contributed by atoms with Gasteiger partial charge in [-0.25, -0.2) is 0 Å². The highest BCUT2D eigenvalue weighted by atomic mass is 32.1. The maximum Gasteiger partial charge on any atom is 0.0969 e. The van der Waals surface area contributed by atoms with E-state index in [1.54, 1.807) is 0 Å². The first-order valence-corrected chi connectivity index (χ1v) is 4.86. The molecule has 2 rings (SSSR count). The second-order valence-corrected chi connectivity index (χ2v) is 3.47. The van der Waals surface area contributed by atoms with Crippen LogP contribution in [0, 0.1) is 0 Å². The molecule has 0 atom stereocenters. The third-order valence-corrected chi connectivity index (χ3v) is 2.43. The minimum absolute atomic E-state index is 0.999. The van der Waals surface area contributed by atoms with Crippen LogP contribution < -0.4 is 5.32 Å². The molecule has 0 saturated carbocycles. The second-order valence-electron chi connectivity index (χ2n) is 2.92. The average Bonchev–Trinajstić information content (AvgIpc) is 2.59. The van der Waals surface area contributed by atoms with Gasteiger partial charge in [0.2, 0.25) is 0 Å². The summed E-state index contributed by atoms with van der Waals surface area (Å²) in [4.78, 5) is 0. The van der Waals surface area contributed by atoms with Gasteiger partial charge in [-0.1, -0.05) is 5.57 Å². The van der Waals surface area contributed by atoms with Crippen LogP contribution in [0.1, 0.15) is 18.5 Å². The molecule has 1 saturated heterocycles. The summed E-state index contributed by atoms with van der Waals surface area (Å²) >= 11 is 1.26. The van der Waals surface area contributed by atoms with Gasteiger partial charge in [0, 0.05) is 6.54 Å². The zero-order valence-electron chi connectivity index (χ0n) is 6.79. The van der Waals surface area contributed by atoms with Gasteiger partial charge in [0.1, 0.15) is 0 Å². The van der Waals surface area contributed by atoms with Crippen LogP contribution in [0.3, 0.4) is 0 Å². The highest BCUT2D eigenvalue weighted by molar-refractivity contribution is 6.99. The van der Waals surface area contributed by atoms with Gasteiger partial charge in [-0.15, -0.1) is 0 Å². The number of hydrogen-bond acceptors (Lipinski definition) is 4. The standard InChI is InChI=1S/C8H11N3S/c1-2-7(5-9-3-1)4-8-6-10-12-11-8/h4,6,9H,1-3,5H2. The van der Waals surface area contributed by atoms with Gasteiger partial charge in [-0.2, -0.15) is 8.75 Å². The molecular formula is C8H11N3S. The molecule has 2 heterocycles. The molecule has 1 aliphatic rings. The van der Waals surface area contributed by atoms with Gasteiger partial charge in [0.05, 0.1) is 23.6 Å². The number of rotatable bonds is 1. The van der Waals surface area contributed by atoms with Crippen molar-refractivity contribution in [2.75, 3.05) is 13.1 Å². The summed E-state index contributed by atoms with van der Waals surface area (Å²) < 4.78 is 8.09. The summed E-state index contributed by atoms with van der Waals surface area (Å²) in [6.45, 7) is 2.16. The molecule has 1 aromatic heterocycles. The quantitative estimate of drug-likeness (QED) is 0.709. The number of aromatic nitrogens is 2. The van der Waals surface area contributed by atoms with Crippen LogP contribution in [0.25, 0.3) is 6.08 Å². The topological polar surface area (TPSA) is 37.8 Å². The largest absolute Gasteiger partial charge is 0.313 e. The van der Waals surface area contributed by atoms with E-state index in [4.69, 9.17) is 0 Å². The summed E-state index contributed by atoms with van der Waals surface area (Å²) in [6.07, 6.45) is 6.38. The summed E-state index contributed by atoms with van der Waals surface area (Å²) in [6, 6.07) is 0. The van der Waals surface area contributed by atoms with Crippen LogP contribution in [0.15, 0.2) is 11.8 Å². The molecule has 0 bridgehead atoms. The van der Waals surface area contributed by atoms with Crippen molar-refractivity contribution >= 4 is 17.8 Å². The summed E-state index contributed by atoms with van der Waals surface area (Å²) in [5.74, 6) is 0. The Hall–Kier alpha value is -0.740. The van der Waals surface area contributed by atoms with E-state index in [2.05, 4.69) is 20.1 Å². The van der Waals surface area contributed by atoms with Crippen molar-refractivity contribution in [3.63, 3.8) is 0 Å². The second kappa shape index (κ2) is 3.78. The van der Waals surface area contributed by atoms with Gasteiger partial charge in [-0.3, -0.25) is 0 Å². The van der Waals surface area contributed by atoms with Crippen molar-refractivity contribution < 1.29 is 0 Å². The lowest BCUT2D eigenvalue weighted by molar-refractivity contribution is 0.613. The molecule has 3 nitrogen and oxygen atoms in total. The Morgan fingerprint density at radius 1 is 1.58 bits per heavy atom. The fourth-order valence-corrected chi connectivity index (χ4v) is 1.74. The minimum Gasteiger partial charge on any atom is -0.313 e. The summed E-state index contributed by atoms with van der Waals surface area (Å²) in [7, 11) is 0. The van der Waals surface area contributed by atoms with Crippen molar-refractivity contribution in [2.24, 2.45) is 0 Å². The Kier molecular flexibility index (Phi) is 2.48. The zero-order chi connectivity index (χ0) is 8.23. The van der Waals surface area contributed by atoms with E-state index in [-0.39, 0.29) is 0 Å². The fourth-order valence-electron chi connectivity index (χ4n) is 1.35. The average molecular weight is 181 g/mol. The Bertz CT molecular complexity index is 258. The van der Waals surface area contributed by atoms with E-state index < -0.39 is 0 Å². The van der Waals surface area contributed by atoms with Crippen molar-refractivity contribution in [3.8, 4) is 0 Å². The molecule has 0 spiro atoms. The number of piperidine rings is 1. The molecule has 0 aromatic carbocycles. The van der Waals surface area contributed by atoms with Crippen LogP contribution in [-0.4, -0.2) is 21.8 Å². The smallest absolute Gasteiger partial charge is 0.0969 e. The molecule has 0 amide bonds. The first-order valence-electron chi connectivity index (χ1n) is 4.13. The molecule has 64 valence electrons. The van der Waals surface area contributed by atoms with Crippen LogP contribution in [0.2, 0.25) is 0 Å². The Morgan fingerprint density at radius 3 is 3.25 bits per heavy atom. The maximum absolute atomic E-state index is 4.14. The van der Waals surface area contributed by atoms with E-state index in [0.717, 1.165) is 18.8 Å². The first kappa shape index (κ1) is 7.89. The molecule has 1 fully saturated rings. The van der Waals surface area contributed by atoms with Gasteiger partial charge < -0.3 is 5.32 Å². The van der Waals surface area contributed by atoms with Gasteiger partial charge >= 0.3 is 0 Å². The van der Waals surface area contributed by atoms with Gasteiger partial charge in [-0.05, 0) is 25.5 Å². The minimum atomic E-state index is 0.999. The lowest BCUT2D eigenvalue weighted by atomic mass is 10.1. The monoisotopic (exact) mass is 181 g/mol.